The van der Waals surface area contributed by atoms with Gasteiger partial charge in [-0.15, -0.1) is 0 Å². The SMILES string of the molecule is CCOCCOc1c(OC)c(OC)c(OCCOCC)c2c(N)nc(Cl)nc12. The van der Waals surface area contributed by atoms with E-state index >= 15 is 0 Å². The third kappa shape index (κ3) is 4.98. The molecule has 28 heavy (non-hydrogen) atoms. The normalized spacial score (nSPS) is 10.9. The van der Waals surface area contributed by atoms with Crippen LogP contribution in [-0.2, 0) is 9.47 Å². The summed E-state index contributed by atoms with van der Waals surface area (Å²) in [6, 6.07) is 0. The van der Waals surface area contributed by atoms with Crippen LogP contribution in [0.2, 0.25) is 5.28 Å². The molecular weight excluding hydrogens is 390 g/mol. The van der Waals surface area contributed by atoms with Crippen molar-refractivity contribution in [2.45, 2.75) is 13.8 Å². The van der Waals surface area contributed by atoms with Gasteiger partial charge in [0.15, 0.2) is 11.5 Å². The van der Waals surface area contributed by atoms with Crippen LogP contribution in [0.25, 0.3) is 10.9 Å². The number of halogens is 1. The van der Waals surface area contributed by atoms with E-state index in [4.69, 9.17) is 45.8 Å². The van der Waals surface area contributed by atoms with Crippen molar-refractivity contribution in [3.05, 3.63) is 5.28 Å². The number of methoxy groups -OCH3 is 2. The van der Waals surface area contributed by atoms with Crippen LogP contribution >= 0.6 is 11.6 Å². The average Bonchev–Trinajstić information content (AvgIpc) is 2.68. The minimum Gasteiger partial charge on any atom is -0.490 e. The van der Waals surface area contributed by atoms with E-state index in [0.29, 0.717) is 60.3 Å². The topological polar surface area (TPSA) is 107 Å². The first-order valence-electron chi connectivity index (χ1n) is 8.90. The smallest absolute Gasteiger partial charge is 0.225 e. The number of nitrogens with zero attached hydrogens (tertiary/aromatic N) is 2. The lowest BCUT2D eigenvalue weighted by molar-refractivity contribution is 0.107. The quantitative estimate of drug-likeness (QED) is 0.413. The van der Waals surface area contributed by atoms with E-state index in [9.17, 15) is 0 Å². The van der Waals surface area contributed by atoms with Crippen LogP contribution in [0.5, 0.6) is 23.0 Å². The molecule has 0 saturated heterocycles. The van der Waals surface area contributed by atoms with Gasteiger partial charge in [0.25, 0.3) is 0 Å². The van der Waals surface area contributed by atoms with Gasteiger partial charge in [-0.1, -0.05) is 0 Å². The molecule has 156 valence electrons. The van der Waals surface area contributed by atoms with Crippen molar-refractivity contribution in [2.75, 3.05) is 59.6 Å². The number of nitrogens with two attached hydrogens (primary N) is 1. The van der Waals surface area contributed by atoms with Gasteiger partial charge in [-0.2, -0.15) is 0 Å². The molecule has 9 nitrogen and oxygen atoms in total. The van der Waals surface area contributed by atoms with Gasteiger partial charge in [-0.25, -0.2) is 9.97 Å². The Morgan fingerprint density at radius 1 is 0.786 bits per heavy atom. The number of hydrogen-bond acceptors (Lipinski definition) is 9. The summed E-state index contributed by atoms with van der Waals surface area (Å²) >= 11 is 6.03. The van der Waals surface area contributed by atoms with Crippen molar-refractivity contribution in [1.82, 2.24) is 9.97 Å². The summed E-state index contributed by atoms with van der Waals surface area (Å²) in [7, 11) is 2.99. The lowest BCUT2D eigenvalue weighted by Gasteiger charge is -2.20. The van der Waals surface area contributed by atoms with E-state index < -0.39 is 0 Å². The molecule has 0 saturated carbocycles. The van der Waals surface area contributed by atoms with E-state index in [1.165, 1.54) is 14.2 Å². The molecule has 1 aromatic carbocycles. The summed E-state index contributed by atoms with van der Waals surface area (Å²) in [6.07, 6.45) is 0. The highest BCUT2D eigenvalue weighted by atomic mass is 35.5. The molecule has 0 fully saturated rings. The third-order valence-corrected chi connectivity index (χ3v) is 3.90. The first kappa shape index (κ1) is 22.1. The minimum absolute atomic E-state index is 0.0212. The summed E-state index contributed by atoms with van der Waals surface area (Å²) in [5, 5.41) is 0.400. The van der Waals surface area contributed by atoms with Crippen LogP contribution in [0.3, 0.4) is 0 Å². The molecule has 0 bridgehead atoms. The summed E-state index contributed by atoms with van der Waals surface area (Å²) in [5.41, 5.74) is 6.48. The molecule has 0 aliphatic carbocycles. The summed E-state index contributed by atoms with van der Waals surface area (Å²) < 4.78 is 33.5. The van der Waals surface area contributed by atoms with Gasteiger partial charge in [0.2, 0.25) is 16.8 Å². The van der Waals surface area contributed by atoms with Gasteiger partial charge >= 0.3 is 0 Å². The number of ether oxygens (including phenoxy) is 6. The first-order valence-corrected chi connectivity index (χ1v) is 9.28. The van der Waals surface area contributed by atoms with Crippen LogP contribution in [0.1, 0.15) is 13.8 Å². The summed E-state index contributed by atoms with van der Waals surface area (Å²) in [6.45, 7) is 6.30. The largest absolute Gasteiger partial charge is 0.490 e. The first-order chi connectivity index (χ1) is 13.6. The lowest BCUT2D eigenvalue weighted by atomic mass is 10.1. The van der Waals surface area contributed by atoms with E-state index in [0.717, 1.165) is 0 Å². The molecule has 1 aromatic heterocycles. The maximum absolute atomic E-state index is 6.13. The Bertz CT molecular complexity index is 790. The van der Waals surface area contributed by atoms with Crippen molar-refractivity contribution in [3.8, 4) is 23.0 Å². The second kappa shape index (κ2) is 10.9. The third-order valence-electron chi connectivity index (χ3n) is 3.74. The zero-order chi connectivity index (χ0) is 20.5. The van der Waals surface area contributed by atoms with E-state index in [1.54, 1.807) is 0 Å². The zero-order valence-corrected chi connectivity index (χ0v) is 17.3. The Balaban J connectivity index is 2.60. The molecule has 10 heteroatoms. The lowest BCUT2D eigenvalue weighted by Crippen LogP contribution is -2.12. The molecule has 0 amide bonds. The second-order valence-corrected chi connectivity index (χ2v) is 5.76. The summed E-state index contributed by atoms with van der Waals surface area (Å²) in [5.74, 6) is 1.42. The van der Waals surface area contributed by atoms with E-state index in [1.807, 2.05) is 13.8 Å². The van der Waals surface area contributed by atoms with Gasteiger partial charge in [0.05, 0.1) is 32.8 Å². The molecule has 0 spiro atoms. The van der Waals surface area contributed by atoms with Crippen LogP contribution in [0.15, 0.2) is 0 Å². The highest BCUT2D eigenvalue weighted by Gasteiger charge is 2.27. The summed E-state index contributed by atoms with van der Waals surface area (Å²) in [4.78, 5) is 8.32. The highest BCUT2D eigenvalue weighted by Crippen LogP contribution is 2.51. The molecule has 0 unspecified atom stereocenters. The van der Waals surface area contributed by atoms with Gasteiger partial charge in [0.1, 0.15) is 24.5 Å². The Morgan fingerprint density at radius 2 is 1.32 bits per heavy atom. The fourth-order valence-corrected chi connectivity index (χ4v) is 2.78. The van der Waals surface area contributed by atoms with Crippen molar-refractivity contribution in [1.29, 1.82) is 0 Å². The Kier molecular flexibility index (Phi) is 8.62. The molecular formula is C18H26ClN3O6. The highest BCUT2D eigenvalue weighted by molar-refractivity contribution is 6.29. The van der Waals surface area contributed by atoms with Crippen molar-refractivity contribution in [2.24, 2.45) is 0 Å². The minimum atomic E-state index is -0.0212. The van der Waals surface area contributed by atoms with Crippen molar-refractivity contribution < 1.29 is 28.4 Å². The molecule has 0 radical (unpaired) electrons. The van der Waals surface area contributed by atoms with Gasteiger partial charge in [-0.05, 0) is 25.4 Å². The molecule has 0 atom stereocenters. The number of fused-ring (bicyclic) bond motifs is 1. The van der Waals surface area contributed by atoms with Crippen LogP contribution in [0, 0.1) is 0 Å². The average molecular weight is 416 g/mol. The maximum atomic E-state index is 6.13. The Labute approximate surface area is 169 Å². The number of benzene rings is 1. The molecule has 2 aromatic rings. The molecule has 0 aliphatic rings. The standard InChI is InChI=1S/C18H26ClN3O6/c1-5-25-7-9-27-13-11-12(21-18(19)22-17(11)20)14(28-10-8-26-6-2)16(24-4)15(13)23-3/h5-10H2,1-4H3,(H2,20,21,22). The fourth-order valence-electron chi connectivity index (χ4n) is 2.60. The van der Waals surface area contributed by atoms with Crippen LogP contribution in [0.4, 0.5) is 5.82 Å². The Hall–Kier alpha value is -2.23. The predicted octanol–water partition coefficient (Wildman–Crippen LogP) is 2.71. The van der Waals surface area contributed by atoms with Gasteiger partial charge in [0, 0.05) is 13.2 Å². The van der Waals surface area contributed by atoms with Gasteiger partial charge < -0.3 is 34.2 Å². The monoisotopic (exact) mass is 415 g/mol. The number of rotatable bonds is 12. The van der Waals surface area contributed by atoms with E-state index in [2.05, 4.69) is 9.97 Å². The zero-order valence-electron chi connectivity index (χ0n) is 16.5. The molecule has 1 heterocycles. The predicted molar refractivity (Wildman–Crippen MR) is 106 cm³/mol. The number of nitrogen functional groups attached to an aromatic ring is 1. The van der Waals surface area contributed by atoms with Gasteiger partial charge in [-0.3, -0.25) is 0 Å². The van der Waals surface area contributed by atoms with Crippen molar-refractivity contribution in [3.63, 3.8) is 0 Å². The van der Waals surface area contributed by atoms with E-state index in [-0.39, 0.29) is 24.3 Å². The maximum Gasteiger partial charge on any atom is 0.225 e. The number of hydrogen-bond donors (Lipinski definition) is 1. The van der Waals surface area contributed by atoms with Crippen molar-refractivity contribution >= 4 is 28.3 Å². The molecule has 0 aliphatic heterocycles. The second-order valence-electron chi connectivity index (χ2n) is 5.42. The Morgan fingerprint density at radius 3 is 1.86 bits per heavy atom. The molecule has 2 rings (SSSR count). The number of aromatic nitrogens is 2. The van der Waals surface area contributed by atoms with Crippen LogP contribution < -0.4 is 24.7 Å². The molecule has 2 N–H and O–H groups in total. The van der Waals surface area contributed by atoms with Crippen LogP contribution in [-0.4, -0.2) is 63.8 Å². The fraction of sp³-hybridized carbons (Fsp3) is 0.556. The number of anilines is 1.